The van der Waals surface area contributed by atoms with Crippen LogP contribution in [0.1, 0.15) is 26.7 Å². The molecule has 0 radical (unpaired) electrons. The second-order valence-electron chi connectivity index (χ2n) is 2.56. The minimum absolute atomic E-state index is 0.110. The smallest absolute Gasteiger partial charge is 0.0686 e. The molecule has 2 heteroatoms. The Bertz CT molecular complexity index is 173. The van der Waals surface area contributed by atoms with Gasteiger partial charge in [-0.15, -0.1) is 6.42 Å². The van der Waals surface area contributed by atoms with E-state index in [2.05, 4.69) is 17.3 Å². The van der Waals surface area contributed by atoms with E-state index >= 15 is 0 Å². The fourth-order valence-corrected chi connectivity index (χ4v) is 0.823. The Morgan fingerprint density at radius 3 is 2.64 bits per heavy atom. The summed E-state index contributed by atoms with van der Waals surface area (Å²) in [6, 6.07) is 2.39. The molecule has 0 amide bonds. The fraction of sp³-hybridized carbons (Fsp3) is 0.667. The number of nitrogens with one attached hydrogen (secondary N) is 1. The van der Waals surface area contributed by atoms with Crippen molar-refractivity contribution < 1.29 is 0 Å². The van der Waals surface area contributed by atoms with Crippen molar-refractivity contribution in [3.05, 3.63) is 0 Å². The number of hydrogen-bond acceptors (Lipinski definition) is 2. The lowest BCUT2D eigenvalue weighted by Gasteiger charge is -2.14. The predicted octanol–water partition coefficient (Wildman–Crippen LogP) is 1.29. The maximum Gasteiger partial charge on any atom is 0.0686 e. The average Bonchev–Trinajstić information content (AvgIpc) is 2.01. The normalized spacial score (nSPS) is 14.5. The highest BCUT2D eigenvalue weighted by atomic mass is 14.9. The average molecular weight is 150 g/mol. The summed E-state index contributed by atoms with van der Waals surface area (Å²) < 4.78 is 0. The highest BCUT2D eigenvalue weighted by molar-refractivity contribution is 4.99. The zero-order valence-corrected chi connectivity index (χ0v) is 7.09. The molecule has 0 aliphatic carbocycles. The van der Waals surface area contributed by atoms with E-state index in [-0.39, 0.29) is 12.1 Å². The maximum atomic E-state index is 8.35. The van der Waals surface area contributed by atoms with Crippen molar-refractivity contribution in [3.63, 3.8) is 0 Å². The van der Waals surface area contributed by atoms with Gasteiger partial charge < -0.3 is 5.32 Å². The Morgan fingerprint density at radius 2 is 2.27 bits per heavy atom. The number of terminal acetylenes is 1. The van der Waals surface area contributed by atoms with Crippen LogP contribution in [-0.2, 0) is 0 Å². The minimum Gasteiger partial charge on any atom is -0.300 e. The first kappa shape index (κ1) is 10.0. The summed E-state index contributed by atoms with van der Waals surface area (Å²) in [7, 11) is 0. The maximum absolute atomic E-state index is 8.35. The SMILES string of the molecule is C#CC(CC)NC(C)CC#N. The van der Waals surface area contributed by atoms with Crippen LogP contribution < -0.4 is 5.32 Å². The van der Waals surface area contributed by atoms with Gasteiger partial charge in [0.1, 0.15) is 0 Å². The molecule has 0 aromatic heterocycles. The van der Waals surface area contributed by atoms with Crippen molar-refractivity contribution in [2.24, 2.45) is 0 Å². The molecule has 0 fully saturated rings. The summed E-state index contributed by atoms with van der Waals surface area (Å²) in [4.78, 5) is 0. The van der Waals surface area contributed by atoms with Crippen molar-refractivity contribution in [1.29, 1.82) is 5.26 Å². The third kappa shape index (κ3) is 4.42. The summed E-state index contributed by atoms with van der Waals surface area (Å²) in [5, 5.41) is 11.5. The molecular formula is C9H14N2. The van der Waals surface area contributed by atoms with Gasteiger partial charge in [0.05, 0.1) is 18.5 Å². The Morgan fingerprint density at radius 1 is 1.64 bits per heavy atom. The molecule has 0 aromatic carbocycles. The number of nitriles is 1. The van der Waals surface area contributed by atoms with Gasteiger partial charge >= 0.3 is 0 Å². The lowest BCUT2D eigenvalue weighted by atomic mass is 10.2. The minimum atomic E-state index is 0.110. The van der Waals surface area contributed by atoms with E-state index in [9.17, 15) is 0 Å². The molecule has 2 unspecified atom stereocenters. The first-order chi connectivity index (χ1) is 5.24. The molecule has 0 aromatic rings. The third-order valence-electron chi connectivity index (χ3n) is 1.49. The van der Waals surface area contributed by atoms with Crippen LogP contribution in [0, 0.1) is 23.7 Å². The Labute approximate surface area is 68.6 Å². The van der Waals surface area contributed by atoms with Gasteiger partial charge in [-0.2, -0.15) is 5.26 Å². The molecular weight excluding hydrogens is 136 g/mol. The van der Waals surface area contributed by atoms with Crippen molar-refractivity contribution in [1.82, 2.24) is 5.32 Å². The van der Waals surface area contributed by atoms with Crippen molar-refractivity contribution in [3.8, 4) is 18.4 Å². The van der Waals surface area contributed by atoms with Crippen LogP contribution in [0.15, 0.2) is 0 Å². The molecule has 1 N–H and O–H groups in total. The van der Waals surface area contributed by atoms with Crippen molar-refractivity contribution in [2.75, 3.05) is 0 Å². The van der Waals surface area contributed by atoms with E-state index in [1.165, 1.54) is 0 Å². The lowest BCUT2D eigenvalue weighted by Crippen LogP contribution is -2.34. The predicted molar refractivity (Wildman–Crippen MR) is 45.7 cm³/mol. The largest absolute Gasteiger partial charge is 0.300 e. The van der Waals surface area contributed by atoms with Gasteiger partial charge in [-0.1, -0.05) is 12.8 Å². The summed E-state index contributed by atoms with van der Waals surface area (Å²) >= 11 is 0. The van der Waals surface area contributed by atoms with Crippen LogP contribution in [0.3, 0.4) is 0 Å². The Hall–Kier alpha value is -0.990. The van der Waals surface area contributed by atoms with Gasteiger partial charge in [-0.25, -0.2) is 0 Å². The highest BCUT2D eigenvalue weighted by Crippen LogP contribution is 1.94. The summed E-state index contributed by atoms with van der Waals surface area (Å²) in [6.07, 6.45) is 6.65. The van der Waals surface area contributed by atoms with Gasteiger partial charge in [0.2, 0.25) is 0 Å². The molecule has 11 heavy (non-hydrogen) atoms. The second kappa shape index (κ2) is 5.77. The quantitative estimate of drug-likeness (QED) is 0.613. The highest BCUT2D eigenvalue weighted by Gasteiger charge is 2.05. The van der Waals surface area contributed by atoms with Gasteiger partial charge in [-0.05, 0) is 13.3 Å². The van der Waals surface area contributed by atoms with Crippen LogP contribution in [0.2, 0.25) is 0 Å². The molecule has 0 spiro atoms. The van der Waals surface area contributed by atoms with E-state index in [0.717, 1.165) is 6.42 Å². The van der Waals surface area contributed by atoms with E-state index in [4.69, 9.17) is 11.7 Å². The number of hydrogen-bond donors (Lipinski definition) is 1. The Kier molecular flexibility index (Phi) is 5.25. The van der Waals surface area contributed by atoms with Crippen LogP contribution in [0.4, 0.5) is 0 Å². The first-order valence-corrected chi connectivity index (χ1v) is 3.83. The molecule has 0 heterocycles. The van der Waals surface area contributed by atoms with Gasteiger partial charge in [0.25, 0.3) is 0 Å². The van der Waals surface area contributed by atoms with Gasteiger partial charge in [0.15, 0.2) is 0 Å². The number of nitrogens with zero attached hydrogens (tertiary/aromatic N) is 1. The van der Waals surface area contributed by atoms with Crippen LogP contribution >= 0.6 is 0 Å². The van der Waals surface area contributed by atoms with E-state index < -0.39 is 0 Å². The molecule has 0 saturated heterocycles. The van der Waals surface area contributed by atoms with Gasteiger partial charge in [-0.3, -0.25) is 0 Å². The molecule has 0 bridgehead atoms. The second-order valence-corrected chi connectivity index (χ2v) is 2.56. The summed E-state index contributed by atoms with van der Waals surface area (Å²) in [6.45, 7) is 3.99. The van der Waals surface area contributed by atoms with Crippen LogP contribution in [0.25, 0.3) is 0 Å². The molecule has 60 valence electrons. The monoisotopic (exact) mass is 150 g/mol. The molecule has 0 rings (SSSR count). The van der Waals surface area contributed by atoms with E-state index in [1.807, 2.05) is 13.8 Å². The Balaban J connectivity index is 3.66. The van der Waals surface area contributed by atoms with Gasteiger partial charge in [0, 0.05) is 6.04 Å². The zero-order chi connectivity index (χ0) is 8.69. The molecule has 0 aliphatic heterocycles. The third-order valence-corrected chi connectivity index (χ3v) is 1.49. The van der Waals surface area contributed by atoms with Crippen LogP contribution in [-0.4, -0.2) is 12.1 Å². The molecule has 2 nitrogen and oxygen atoms in total. The molecule has 0 aliphatic rings. The first-order valence-electron chi connectivity index (χ1n) is 3.83. The molecule has 0 saturated carbocycles. The standard InChI is InChI=1S/C9H14N2/c1-4-9(5-2)11-8(3)6-7-10/h1,8-9,11H,5-6H2,2-3H3. The van der Waals surface area contributed by atoms with E-state index in [1.54, 1.807) is 0 Å². The van der Waals surface area contributed by atoms with Crippen molar-refractivity contribution in [2.45, 2.75) is 38.8 Å². The fourth-order valence-electron chi connectivity index (χ4n) is 0.823. The topological polar surface area (TPSA) is 35.8 Å². The van der Waals surface area contributed by atoms with Crippen molar-refractivity contribution >= 4 is 0 Å². The van der Waals surface area contributed by atoms with Crippen LogP contribution in [0.5, 0.6) is 0 Å². The number of rotatable bonds is 4. The lowest BCUT2D eigenvalue weighted by molar-refractivity contribution is 0.502. The molecule has 2 atom stereocenters. The summed E-state index contributed by atoms with van der Waals surface area (Å²) in [5.74, 6) is 2.62. The zero-order valence-electron chi connectivity index (χ0n) is 7.09. The summed E-state index contributed by atoms with van der Waals surface area (Å²) in [5.41, 5.74) is 0. The van der Waals surface area contributed by atoms with E-state index in [0.29, 0.717) is 6.42 Å².